The summed E-state index contributed by atoms with van der Waals surface area (Å²) < 4.78 is 27.0. The van der Waals surface area contributed by atoms with Gasteiger partial charge in [0, 0.05) is 12.6 Å². The van der Waals surface area contributed by atoms with Gasteiger partial charge in [0.05, 0.1) is 12.4 Å². The van der Waals surface area contributed by atoms with Crippen molar-refractivity contribution in [1.29, 1.82) is 0 Å². The summed E-state index contributed by atoms with van der Waals surface area (Å²) in [5.74, 6) is -0.184. The number of sulfonamides is 1. The van der Waals surface area contributed by atoms with Crippen LogP contribution in [0.1, 0.15) is 73.6 Å². The number of anilines is 1. The highest BCUT2D eigenvalue weighted by molar-refractivity contribution is 7.90. The second-order valence-corrected chi connectivity index (χ2v) is 9.12. The van der Waals surface area contributed by atoms with Crippen molar-refractivity contribution < 1.29 is 18.0 Å². The van der Waals surface area contributed by atoms with Crippen molar-refractivity contribution >= 4 is 27.5 Å². The van der Waals surface area contributed by atoms with Gasteiger partial charge < -0.3 is 5.32 Å². The number of nitrogens with zero attached hydrogens (tertiary/aromatic N) is 2. The first kappa shape index (κ1) is 22.5. The van der Waals surface area contributed by atoms with Crippen molar-refractivity contribution in [2.45, 2.75) is 58.4 Å². The van der Waals surface area contributed by atoms with Crippen molar-refractivity contribution in [3.8, 4) is 0 Å². The van der Waals surface area contributed by atoms with Gasteiger partial charge in [0.15, 0.2) is 10.8 Å². The fourth-order valence-electron chi connectivity index (χ4n) is 2.86. The van der Waals surface area contributed by atoms with E-state index in [4.69, 9.17) is 0 Å². The summed E-state index contributed by atoms with van der Waals surface area (Å²) in [6, 6.07) is 3.04. The lowest BCUT2D eigenvalue weighted by atomic mass is 9.90. The molecule has 0 radical (unpaired) electrons. The molecule has 2 rings (SSSR count). The van der Waals surface area contributed by atoms with Crippen LogP contribution in [0.4, 0.5) is 10.5 Å². The topological polar surface area (TPSA) is 118 Å². The van der Waals surface area contributed by atoms with Gasteiger partial charge in [-0.3, -0.25) is 9.78 Å². The zero-order chi connectivity index (χ0) is 21.9. The molecule has 1 heterocycles. The maximum Gasteiger partial charge on any atom is 0.333 e. The molecule has 2 amide bonds. The van der Waals surface area contributed by atoms with E-state index in [2.05, 4.69) is 15.3 Å². The molecule has 0 saturated heterocycles. The molecule has 2 aromatic rings. The summed E-state index contributed by atoms with van der Waals surface area (Å²) in [4.78, 5) is 31.4. The van der Waals surface area contributed by atoms with E-state index < -0.39 is 26.9 Å². The number of benzene rings is 1. The van der Waals surface area contributed by atoms with E-state index in [1.807, 2.05) is 51.5 Å². The number of amides is 2. The number of carbonyl (C=O) groups excluding carboxylic acids is 2. The van der Waals surface area contributed by atoms with Crippen LogP contribution in [0.25, 0.3) is 0 Å². The molecule has 29 heavy (non-hydrogen) atoms. The fraction of sp³-hybridized carbons (Fsp3) is 0.400. The number of hydrogen-bond acceptors (Lipinski definition) is 6. The van der Waals surface area contributed by atoms with Gasteiger partial charge in [-0.2, -0.15) is 8.42 Å². The van der Waals surface area contributed by atoms with Crippen molar-refractivity contribution in [1.82, 2.24) is 14.7 Å². The molecule has 0 spiro atoms. The molecule has 0 unspecified atom stereocenters. The molecular formula is C20H26N4O4S. The monoisotopic (exact) mass is 418 g/mol. The minimum atomic E-state index is -4.30. The van der Waals surface area contributed by atoms with E-state index in [1.165, 1.54) is 6.92 Å². The average molecular weight is 419 g/mol. The zero-order valence-electron chi connectivity index (χ0n) is 17.4. The molecule has 1 aromatic carbocycles. The predicted octanol–water partition coefficient (Wildman–Crippen LogP) is 3.74. The Kier molecular flexibility index (Phi) is 6.73. The quantitative estimate of drug-likeness (QED) is 0.690. The number of urea groups is 1. The number of Topliss-reactive ketones (excluding diaryl/α,β-unsaturated/α-hetero) is 1. The number of hydrogen-bond donors (Lipinski definition) is 2. The van der Waals surface area contributed by atoms with Gasteiger partial charge >= 0.3 is 6.03 Å². The minimum absolute atomic E-state index is 0.101. The first-order valence-corrected chi connectivity index (χ1v) is 10.7. The highest BCUT2D eigenvalue weighted by atomic mass is 32.2. The van der Waals surface area contributed by atoms with E-state index in [9.17, 15) is 18.0 Å². The van der Waals surface area contributed by atoms with Crippen LogP contribution in [0.2, 0.25) is 0 Å². The summed E-state index contributed by atoms with van der Waals surface area (Å²) in [5.41, 5.74) is 3.39. The van der Waals surface area contributed by atoms with Gasteiger partial charge in [0.1, 0.15) is 5.69 Å². The van der Waals surface area contributed by atoms with Gasteiger partial charge in [-0.25, -0.2) is 14.5 Å². The molecule has 8 nitrogen and oxygen atoms in total. The Morgan fingerprint density at radius 2 is 1.55 bits per heavy atom. The average Bonchev–Trinajstić information content (AvgIpc) is 2.62. The lowest BCUT2D eigenvalue weighted by molar-refractivity contribution is 0.101. The molecule has 1 aromatic heterocycles. The number of nitrogens with one attached hydrogen (secondary N) is 2. The Morgan fingerprint density at radius 1 is 1.00 bits per heavy atom. The number of aryl methyl sites for hydroxylation is 1. The first-order chi connectivity index (χ1) is 13.4. The molecule has 9 heteroatoms. The molecule has 0 aliphatic heterocycles. The molecule has 2 N–H and O–H groups in total. The molecule has 0 saturated carbocycles. The molecular weight excluding hydrogens is 392 g/mol. The van der Waals surface area contributed by atoms with Crippen LogP contribution in [0, 0.1) is 6.92 Å². The summed E-state index contributed by atoms with van der Waals surface area (Å²) in [7, 11) is -4.30. The number of aromatic nitrogens is 2. The summed E-state index contributed by atoms with van der Waals surface area (Å²) >= 11 is 0. The Balaban J connectivity index is 2.36. The van der Waals surface area contributed by atoms with Crippen molar-refractivity contribution in [2.24, 2.45) is 0 Å². The third kappa shape index (κ3) is 5.38. The lowest BCUT2D eigenvalue weighted by Crippen LogP contribution is -2.35. The smallest absolute Gasteiger partial charge is 0.307 e. The Labute approximate surface area is 171 Å². The van der Waals surface area contributed by atoms with Crippen LogP contribution >= 0.6 is 0 Å². The standard InChI is InChI=1S/C20H26N4O4S/c1-11(2)15-7-13(5)8-16(12(3)4)19(15)23-20(26)24-29(27,28)18-10-21-9-17(22-18)14(6)25/h7-12H,1-6H3,(H2,23,24,26). The van der Waals surface area contributed by atoms with Gasteiger partial charge in [-0.05, 0) is 29.9 Å². The van der Waals surface area contributed by atoms with Crippen molar-refractivity contribution in [2.75, 3.05) is 5.32 Å². The second-order valence-electron chi connectivity index (χ2n) is 7.49. The summed E-state index contributed by atoms with van der Waals surface area (Å²) in [5, 5.41) is 2.19. The number of carbonyl (C=O) groups is 2. The summed E-state index contributed by atoms with van der Waals surface area (Å²) in [6.45, 7) is 11.2. The third-order valence-electron chi connectivity index (χ3n) is 4.30. The van der Waals surface area contributed by atoms with Crippen LogP contribution < -0.4 is 10.0 Å². The van der Waals surface area contributed by atoms with Crippen LogP contribution in [0.3, 0.4) is 0 Å². The van der Waals surface area contributed by atoms with Crippen LogP contribution in [-0.2, 0) is 10.0 Å². The molecule has 0 fully saturated rings. The molecule has 0 aliphatic carbocycles. The molecule has 0 aliphatic rings. The highest BCUT2D eigenvalue weighted by Gasteiger charge is 2.23. The number of ketones is 1. The zero-order valence-corrected chi connectivity index (χ0v) is 18.2. The largest absolute Gasteiger partial charge is 0.333 e. The van der Waals surface area contributed by atoms with Crippen LogP contribution in [0.15, 0.2) is 29.6 Å². The van der Waals surface area contributed by atoms with Crippen LogP contribution in [-0.4, -0.2) is 30.2 Å². The molecule has 0 atom stereocenters. The normalized spacial score (nSPS) is 11.6. The fourth-order valence-corrected chi connectivity index (χ4v) is 3.68. The van der Waals surface area contributed by atoms with Gasteiger partial charge in [-0.1, -0.05) is 45.4 Å². The van der Waals surface area contributed by atoms with Crippen LogP contribution in [0.5, 0.6) is 0 Å². The third-order valence-corrected chi connectivity index (χ3v) is 5.50. The van der Waals surface area contributed by atoms with E-state index in [-0.39, 0.29) is 17.5 Å². The highest BCUT2D eigenvalue weighted by Crippen LogP contribution is 2.33. The van der Waals surface area contributed by atoms with E-state index in [0.29, 0.717) is 5.69 Å². The van der Waals surface area contributed by atoms with Gasteiger partial charge in [-0.15, -0.1) is 0 Å². The second kappa shape index (κ2) is 8.69. The molecule has 156 valence electrons. The van der Waals surface area contributed by atoms with E-state index in [1.54, 1.807) is 0 Å². The summed E-state index contributed by atoms with van der Waals surface area (Å²) in [6.07, 6.45) is 2.14. The number of rotatable bonds is 6. The molecule has 0 bridgehead atoms. The predicted molar refractivity (Wildman–Crippen MR) is 111 cm³/mol. The Morgan fingerprint density at radius 3 is 2.03 bits per heavy atom. The van der Waals surface area contributed by atoms with E-state index >= 15 is 0 Å². The van der Waals surface area contributed by atoms with Gasteiger partial charge in [0.2, 0.25) is 0 Å². The minimum Gasteiger partial charge on any atom is -0.307 e. The Bertz CT molecular complexity index is 1020. The Hall–Kier alpha value is -2.81. The lowest BCUT2D eigenvalue weighted by Gasteiger charge is -2.21. The van der Waals surface area contributed by atoms with Crippen molar-refractivity contribution in [3.05, 3.63) is 46.9 Å². The van der Waals surface area contributed by atoms with Gasteiger partial charge in [0.25, 0.3) is 10.0 Å². The first-order valence-electron chi connectivity index (χ1n) is 9.23. The maximum atomic E-state index is 12.5. The maximum absolute atomic E-state index is 12.5. The SMILES string of the molecule is CC(=O)c1cncc(S(=O)(=O)NC(=O)Nc2c(C(C)C)cc(C)cc2C(C)C)n1. The van der Waals surface area contributed by atoms with E-state index in [0.717, 1.165) is 29.1 Å². The van der Waals surface area contributed by atoms with Crippen molar-refractivity contribution in [3.63, 3.8) is 0 Å².